The zero-order valence-corrected chi connectivity index (χ0v) is 18.8. The maximum atomic E-state index is 12.9. The molecule has 0 aliphatic carbocycles. The summed E-state index contributed by atoms with van der Waals surface area (Å²) in [5, 5.41) is 0. The van der Waals surface area contributed by atoms with Crippen LogP contribution in [0.15, 0.2) is 54.6 Å². The van der Waals surface area contributed by atoms with Gasteiger partial charge < -0.3 is 24.3 Å². The number of piperazine rings is 2. The molecule has 0 radical (unpaired) electrons. The summed E-state index contributed by atoms with van der Waals surface area (Å²) in [5.74, 6) is 1.21. The molecule has 2 aliphatic heterocycles. The molecule has 2 saturated heterocycles. The SMILES string of the molecule is COc1cccc(N2CC[NH+](CC(=O)N3CC[NH+]([C@@H](C)c4ccccc4)CC3)CC2)c1. The molecule has 2 aliphatic rings. The average Bonchev–Trinajstić information content (AvgIpc) is 2.84. The number of hydrogen-bond donors (Lipinski definition) is 2. The van der Waals surface area contributed by atoms with Gasteiger partial charge in [-0.1, -0.05) is 36.4 Å². The van der Waals surface area contributed by atoms with Crippen LogP contribution >= 0.6 is 0 Å². The molecule has 0 spiro atoms. The van der Waals surface area contributed by atoms with Gasteiger partial charge >= 0.3 is 0 Å². The number of ether oxygens (including phenoxy) is 1. The highest BCUT2D eigenvalue weighted by molar-refractivity contribution is 5.77. The van der Waals surface area contributed by atoms with E-state index in [2.05, 4.69) is 59.2 Å². The van der Waals surface area contributed by atoms with Crippen LogP contribution in [0.4, 0.5) is 5.69 Å². The van der Waals surface area contributed by atoms with Crippen molar-refractivity contribution in [3.05, 3.63) is 60.2 Å². The summed E-state index contributed by atoms with van der Waals surface area (Å²) in [7, 11) is 1.70. The molecule has 0 saturated carbocycles. The van der Waals surface area contributed by atoms with Crippen LogP contribution in [0, 0.1) is 0 Å². The van der Waals surface area contributed by atoms with Crippen molar-refractivity contribution in [3.8, 4) is 5.75 Å². The Hall–Kier alpha value is -2.57. The molecule has 2 aromatic rings. The first-order valence-electron chi connectivity index (χ1n) is 11.5. The van der Waals surface area contributed by atoms with E-state index in [1.54, 1.807) is 12.0 Å². The van der Waals surface area contributed by atoms with Crippen LogP contribution in [0.2, 0.25) is 0 Å². The minimum atomic E-state index is 0.316. The summed E-state index contributed by atoms with van der Waals surface area (Å²) in [6.45, 7) is 10.7. The van der Waals surface area contributed by atoms with Crippen LogP contribution in [0.3, 0.4) is 0 Å². The lowest BCUT2D eigenvalue weighted by Crippen LogP contribution is -3.16. The lowest BCUT2D eigenvalue weighted by atomic mass is 10.1. The molecule has 1 atom stereocenters. The van der Waals surface area contributed by atoms with Crippen LogP contribution in [0.25, 0.3) is 0 Å². The Kier molecular flexibility index (Phi) is 7.10. The molecule has 2 aromatic carbocycles. The Morgan fingerprint density at radius 1 is 0.968 bits per heavy atom. The molecular formula is C25H36N4O2+2. The standard InChI is InChI=1S/C25H34N4O2/c1-21(22-7-4-3-5-8-22)27-15-17-29(18-16-27)25(30)20-26-11-13-28(14-12-26)23-9-6-10-24(19-23)31-2/h3-10,19,21H,11-18,20H2,1-2H3/p+2/t21-/m0/s1. The van der Waals surface area contributed by atoms with Gasteiger partial charge in [0.15, 0.2) is 6.54 Å². The Bertz CT molecular complexity index is 844. The van der Waals surface area contributed by atoms with Crippen LogP contribution in [-0.2, 0) is 4.79 Å². The lowest BCUT2D eigenvalue weighted by Gasteiger charge is -2.37. The first-order valence-corrected chi connectivity index (χ1v) is 11.5. The van der Waals surface area contributed by atoms with Gasteiger partial charge in [0.1, 0.15) is 11.8 Å². The fraction of sp³-hybridized carbons (Fsp3) is 0.480. The van der Waals surface area contributed by atoms with Crippen molar-refractivity contribution >= 4 is 11.6 Å². The molecule has 4 rings (SSSR count). The van der Waals surface area contributed by atoms with Crippen LogP contribution in [-0.4, -0.2) is 76.8 Å². The third kappa shape index (κ3) is 5.38. The van der Waals surface area contributed by atoms with Gasteiger partial charge in [-0.25, -0.2) is 0 Å². The zero-order chi connectivity index (χ0) is 21.6. The van der Waals surface area contributed by atoms with Gasteiger partial charge in [-0.15, -0.1) is 0 Å². The fourth-order valence-corrected chi connectivity index (χ4v) is 4.84. The number of amides is 1. The largest absolute Gasteiger partial charge is 0.497 e. The lowest BCUT2D eigenvalue weighted by molar-refractivity contribution is -0.933. The molecule has 0 unspecified atom stereocenters. The molecule has 1 amide bonds. The molecule has 6 nitrogen and oxygen atoms in total. The third-order valence-electron chi connectivity index (χ3n) is 6.96. The summed E-state index contributed by atoms with van der Waals surface area (Å²) in [6.07, 6.45) is 0. The van der Waals surface area contributed by atoms with E-state index in [9.17, 15) is 4.79 Å². The Morgan fingerprint density at radius 2 is 1.68 bits per heavy atom. The summed E-state index contributed by atoms with van der Waals surface area (Å²) >= 11 is 0. The van der Waals surface area contributed by atoms with Crippen molar-refractivity contribution in [1.82, 2.24) is 4.90 Å². The predicted molar refractivity (Wildman–Crippen MR) is 123 cm³/mol. The van der Waals surface area contributed by atoms with Gasteiger partial charge in [-0.05, 0) is 19.1 Å². The minimum absolute atomic E-state index is 0.316. The van der Waals surface area contributed by atoms with E-state index < -0.39 is 0 Å². The zero-order valence-electron chi connectivity index (χ0n) is 18.8. The van der Waals surface area contributed by atoms with Crippen molar-refractivity contribution in [3.63, 3.8) is 0 Å². The molecule has 2 fully saturated rings. The van der Waals surface area contributed by atoms with E-state index in [4.69, 9.17) is 4.74 Å². The maximum Gasteiger partial charge on any atom is 0.278 e. The Labute approximate surface area is 186 Å². The van der Waals surface area contributed by atoms with E-state index in [0.29, 0.717) is 18.5 Å². The van der Waals surface area contributed by atoms with Crippen LogP contribution < -0.4 is 19.4 Å². The molecular weight excluding hydrogens is 388 g/mol. The van der Waals surface area contributed by atoms with E-state index in [1.165, 1.54) is 16.2 Å². The second-order valence-electron chi connectivity index (χ2n) is 8.79. The molecule has 0 aromatic heterocycles. The van der Waals surface area contributed by atoms with Gasteiger partial charge in [0.25, 0.3) is 5.91 Å². The molecule has 2 heterocycles. The summed E-state index contributed by atoms with van der Waals surface area (Å²) in [6, 6.07) is 19.4. The molecule has 166 valence electrons. The van der Waals surface area contributed by atoms with Crippen LogP contribution in [0.5, 0.6) is 5.75 Å². The molecule has 2 N–H and O–H groups in total. The number of carbonyl (C=O) groups excluding carboxylic acids is 1. The van der Waals surface area contributed by atoms with Crippen molar-refractivity contribution in [2.75, 3.05) is 70.9 Å². The van der Waals surface area contributed by atoms with E-state index in [1.807, 2.05) is 12.1 Å². The highest BCUT2D eigenvalue weighted by Gasteiger charge is 2.30. The van der Waals surface area contributed by atoms with E-state index >= 15 is 0 Å². The molecule has 6 heteroatoms. The van der Waals surface area contributed by atoms with E-state index in [0.717, 1.165) is 58.1 Å². The number of methoxy groups -OCH3 is 1. The number of nitrogens with one attached hydrogen (secondary N) is 2. The number of hydrogen-bond acceptors (Lipinski definition) is 3. The highest BCUT2D eigenvalue weighted by Crippen LogP contribution is 2.20. The number of nitrogens with zero attached hydrogens (tertiary/aromatic N) is 2. The normalized spacial score (nSPS) is 19.3. The number of rotatable bonds is 6. The van der Waals surface area contributed by atoms with Crippen LogP contribution in [0.1, 0.15) is 18.5 Å². The minimum Gasteiger partial charge on any atom is -0.497 e. The second kappa shape index (κ2) is 10.2. The first kappa shape index (κ1) is 21.7. The molecule has 0 bridgehead atoms. The Balaban J connectivity index is 1.22. The smallest absolute Gasteiger partial charge is 0.278 e. The number of carbonyl (C=O) groups is 1. The third-order valence-corrected chi connectivity index (χ3v) is 6.96. The first-order chi connectivity index (χ1) is 15.1. The van der Waals surface area contributed by atoms with Crippen molar-refractivity contribution in [2.45, 2.75) is 13.0 Å². The van der Waals surface area contributed by atoms with Gasteiger partial charge in [0.2, 0.25) is 0 Å². The average molecular weight is 425 g/mol. The summed E-state index contributed by atoms with van der Waals surface area (Å²) in [4.78, 5) is 20.4. The summed E-state index contributed by atoms with van der Waals surface area (Å²) in [5.41, 5.74) is 2.59. The number of benzene rings is 2. The van der Waals surface area contributed by atoms with Gasteiger partial charge in [0, 0.05) is 17.3 Å². The van der Waals surface area contributed by atoms with Gasteiger partial charge in [0.05, 0.1) is 59.5 Å². The predicted octanol–water partition coefficient (Wildman–Crippen LogP) is -0.112. The molecule has 31 heavy (non-hydrogen) atoms. The Morgan fingerprint density at radius 3 is 2.35 bits per heavy atom. The van der Waals surface area contributed by atoms with Crippen molar-refractivity contribution in [1.29, 1.82) is 0 Å². The van der Waals surface area contributed by atoms with E-state index in [-0.39, 0.29) is 0 Å². The number of anilines is 1. The van der Waals surface area contributed by atoms with Gasteiger partial charge in [-0.3, -0.25) is 4.79 Å². The quantitative estimate of drug-likeness (QED) is 0.680. The van der Waals surface area contributed by atoms with Crippen molar-refractivity contribution in [2.24, 2.45) is 0 Å². The maximum absolute atomic E-state index is 12.9. The van der Waals surface area contributed by atoms with Gasteiger partial charge in [-0.2, -0.15) is 0 Å². The topological polar surface area (TPSA) is 41.7 Å². The summed E-state index contributed by atoms with van der Waals surface area (Å²) < 4.78 is 5.35. The monoisotopic (exact) mass is 424 g/mol. The second-order valence-corrected chi connectivity index (χ2v) is 8.79. The highest BCUT2D eigenvalue weighted by atomic mass is 16.5. The number of quaternary nitrogens is 2. The van der Waals surface area contributed by atoms with Crippen molar-refractivity contribution < 1.29 is 19.3 Å². The fourth-order valence-electron chi connectivity index (χ4n) is 4.84.